The van der Waals surface area contributed by atoms with E-state index in [-0.39, 0.29) is 5.92 Å². The summed E-state index contributed by atoms with van der Waals surface area (Å²) in [6.45, 7) is 10.4. The molecular weight excluding hydrogens is 418 g/mol. The van der Waals surface area contributed by atoms with Gasteiger partial charge >= 0.3 is 0 Å². The summed E-state index contributed by atoms with van der Waals surface area (Å²) in [5, 5.41) is 16.0. The first-order valence-electron chi connectivity index (χ1n) is 11.8. The first kappa shape index (κ1) is 22.1. The number of aliphatic hydroxyl groups is 1. The van der Waals surface area contributed by atoms with Gasteiger partial charge in [-0.1, -0.05) is 43.0 Å². The molecule has 0 spiro atoms. The van der Waals surface area contributed by atoms with Crippen LogP contribution in [0.15, 0.2) is 54.7 Å². The van der Waals surface area contributed by atoms with Gasteiger partial charge in [0, 0.05) is 51.1 Å². The van der Waals surface area contributed by atoms with Gasteiger partial charge in [0.2, 0.25) is 0 Å². The molecule has 2 atom stereocenters. The Morgan fingerprint density at radius 1 is 0.971 bits per heavy atom. The van der Waals surface area contributed by atoms with Gasteiger partial charge in [-0.2, -0.15) is 0 Å². The molecule has 5 rings (SSSR count). The molecule has 1 aromatic heterocycles. The van der Waals surface area contributed by atoms with Gasteiger partial charge in [0.05, 0.1) is 17.2 Å². The third-order valence-electron chi connectivity index (χ3n) is 7.11. The van der Waals surface area contributed by atoms with Crippen LogP contribution in [0, 0.1) is 25.7 Å². The van der Waals surface area contributed by atoms with Gasteiger partial charge in [-0.05, 0) is 68.7 Å². The number of H-pyrrole nitrogens is 1. The van der Waals surface area contributed by atoms with Crippen molar-refractivity contribution in [2.75, 3.05) is 11.1 Å². The SMILES string of the molecule is Cc1cc(-c2cccc3c(C)c[nH]c23)c(C#Cc2cccc(N)c2)c2c1NC(C)(C)[C@H](O)[C@H]2C. The van der Waals surface area contributed by atoms with Crippen molar-refractivity contribution in [2.24, 2.45) is 0 Å². The lowest BCUT2D eigenvalue weighted by Gasteiger charge is -2.43. The lowest BCUT2D eigenvalue weighted by molar-refractivity contribution is 0.0868. The van der Waals surface area contributed by atoms with Gasteiger partial charge in [-0.15, -0.1) is 0 Å². The molecule has 4 nitrogen and oxygen atoms in total. The third kappa shape index (κ3) is 3.54. The number of hydrogen-bond acceptors (Lipinski definition) is 3. The van der Waals surface area contributed by atoms with Crippen molar-refractivity contribution in [1.29, 1.82) is 0 Å². The number of benzene rings is 3. The van der Waals surface area contributed by atoms with Crippen LogP contribution in [0.2, 0.25) is 0 Å². The molecule has 4 aromatic rings. The molecule has 4 heteroatoms. The lowest BCUT2D eigenvalue weighted by atomic mass is 9.75. The fourth-order valence-corrected chi connectivity index (χ4v) is 5.26. The molecule has 1 aliphatic heterocycles. The highest BCUT2D eigenvalue weighted by atomic mass is 16.3. The number of anilines is 2. The van der Waals surface area contributed by atoms with E-state index in [0.29, 0.717) is 5.69 Å². The summed E-state index contributed by atoms with van der Waals surface area (Å²) < 4.78 is 0. The first-order valence-corrected chi connectivity index (χ1v) is 11.8. The van der Waals surface area contributed by atoms with Gasteiger partial charge in [0.1, 0.15) is 0 Å². The van der Waals surface area contributed by atoms with Crippen molar-refractivity contribution in [3.05, 3.63) is 82.5 Å². The van der Waals surface area contributed by atoms with Crippen molar-refractivity contribution in [3.63, 3.8) is 0 Å². The maximum absolute atomic E-state index is 11.2. The summed E-state index contributed by atoms with van der Waals surface area (Å²) in [6.07, 6.45) is 1.50. The number of aliphatic hydroxyl groups excluding tert-OH is 1. The molecule has 2 heterocycles. The second kappa shape index (κ2) is 7.97. The number of rotatable bonds is 1. The van der Waals surface area contributed by atoms with Crippen LogP contribution in [-0.4, -0.2) is 21.7 Å². The van der Waals surface area contributed by atoms with E-state index in [1.54, 1.807) is 0 Å². The zero-order valence-electron chi connectivity index (χ0n) is 20.4. The number of aromatic amines is 1. The van der Waals surface area contributed by atoms with Gasteiger partial charge < -0.3 is 21.1 Å². The molecule has 1 aliphatic rings. The Morgan fingerprint density at radius 3 is 2.50 bits per heavy atom. The largest absolute Gasteiger partial charge is 0.399 e. The van der Waals surface area contributed by atoms with Crippen molar-refractivity contribution in [2.45, 2.75) is 52.2 Å². The van der Waals surface area contributed by atoms with E-state index in [1.165, 1.54) is 10.9 Å². The molecule has 3 aromatic carbocycles. The van der Waals surface area contributed by atoms with Gasteiger partial charge in [-0.25, -0.2) is 0 Å². The number of nitrogen functional groups attached to an aromatic ring is 1. The van der Waals surface area contributed by atoms with Crippen LogP contribution in [0.3, 0.4) is 0 Å². The summed E-state index contributed by atoms with van der Waals surface area (Å²) in [6, 6.07) is 16.3. The molecule has 0 aliphatic carbocycles. The van der Waals surface area contributed by atoms with Gasteiger partial charge in [-0.3, -0.25) is 0 Å². The maximum atomic E-state index is 11.2. The van der Waals surface area contributed by atoms with E-state index in [4.69, 9.17) is 5.73 Å². The highest BCUT2D eigenvalue weighted by molar-refractivity contribution is 5.98. The standard InChI is InChI=1S/C30H31N3O/c1-17-14-25(24-11-7-10-22-18(2)16-32-28(22)24)23(13-12-20-8-6-9-21(31)15-20)26-19(3)29(34)30(4,5)33-27(17)26/h6-11,14-16,19,29,32-34H,31H2,1-5H3/t19-,29+/m0/s1. The molecule has 172 valence electrons. The molecule has 0 saturated heterocycles. The monoisotopic (exact) mass is 449 g/mol. The lowest BCUT2D eigenvalue weighted by Crippen LogP contribution is -2.50. The van der Waals surface area contributed by atoms with E-state index in [2.05, 4.69) is 67.2 Å². The van der Waals surface area contributed by atoms with Crippen molar-refractivity contribution in [1.82, 2.24) is 4.98 Å². The Bertz CT molecular complexity index is 1480. The molecule has 0 bridgehead atoms. The van der Waals surface area contributed by atoms with Crippen LogP contribution in [0.25, 0.3) is 22.0 Å². The zero-order chi connectivity index (χ0) is 24.2. The van der Waals surface area contributed by atoms with Gasteiger partial charge in [0.25, 0.3) is 0 Å². The Kier molecular flexibility index (Phi) is 5.19. The van der Waals surface area contributed by atoms with Crippen LogP contribution in [0.1, 0.15) is 54.5 Å². The predicted octanol–water partition coefficient (Wildman–Crippen LogP) is 6.10. The number of para-hydroxylation sites is 1. The van der Waals surface area contributed by atoms with Crippen LogP contribution in [-0.2, 0) is 0 Å². The molecule has 0 radical (unpaired) electrons. The average Bonchev–Trinajstić information content (AvgIpc) is 3.18. The smallest absolute Gasteiger partial charge is 0.0831 e. The van der Waals surface area contributed by atoms with Crippen LogP contribution >= 0.6 is 0 Å². The Morgan fingerprint density at radius 2 is 1.74 bits per heavy atom. The summed E-state index contributed by atoms with van der Waals surface area (Å²) in [5.41, 5.74) is 15.8. The third-order valence-corrected chi connectivity index (χ3v) is 7.11. The number of aromatic nitrogens is 1. The van der Waals surface area contributed by atoms with Crippen molar-refractivity contribution in [3.8, 4) is 23.0 Å². The predicted molar refractivity (Wildman–Crippen MR) is 142 cm³/mol. The molecule has 34 heavy (non-hydrogen) atoms. The number of fused-ring (bicyclic) bond motifs is 2. The van der Waals surface area contributed by atoms with E-state index >= 15 is 0 Å². The average molecular weight is 450 g/mol. The topological polar surface area (TPSA) is 74.1 Å². The summed E-state index contributed by atoms with van der Waals surface area (Å²) >= 11 is 0. The molecule has 0 fully saturated rings. The summed E-state index contributed by atoms with van der Waals surface area (Å²) in [7, 11) is 0. The highest BCUT2D eigenvalue weighted by Crippen LogP contribution is 2.46. The Hall–Kier alpha value is -3.68. The highest BCUT2D eigenvalue weighted by Gasteiger charge is 2.40. The minimum atomic E-state index is -0.550. The Labute approximate surface area is 201 Å². The van der Waals surface area contributed by atoms with Crippen molar-refractivity contribution >= 4 is 22.3 Å². The second-order valence-corrected chi connectivity index (χ2v) is 10.1. The van der Waals surface area contributed by atoms with Crippen molar-refractivity contribution < 1.29 is 5.11 Å². The fraction of sp³-hybridized carbons (Fsp3) is 0.267. The number of hydrogen-bond donors (Lipinski definition) is 4. The molecule has 0 unspecified atom stereocenters. The minimum Gasteiger partial charge on any atom is -0.399 e. The van der Waals surface area contributed by atoms with Gasteiger partial charge in [0.15, 0.2) is 0 Å². The summed E-state index contributed by atoms with van der Waals surface area (Å²) in [5.74, 6) is 6.75. The molecule has 0 saturated carbocycles. The quantitative estimate of drug-likeness (QED) is 0.209. The second-order valence-electron chi connectivity index (χ2n) is 10.1. The maximum Gasteiger partial charge on any atom is 0.0831 e. The normalized spacial score (nSPS) is 18.6. The number of nitrogens with one attached hydrogen (secondary N) is 2. The zero-order valence-corrected chi connectivity index (χ0v) is 20.4. The minimum absolute atomic E-state index is 0.0837. The van der Waals surface area contributed by atoms with Crippen LogP contribution < -0.4 is 11.1 Å². The van der Waals surface area contributed by atoms with E-state index in [1.807, 2.05) is 44.3 Å². The van der Waals surface area contributed by atoms with E-state index in [0.717, 1.165) is 44.6 Å². The molecular formula is C30H31N3O. The van der Waals surface area contributed by atoms with E-state index < -0.39 is 11.6 Å². The van der Waals surface area contributed by atoms with Crippen LogP contribution in [0.4, 0.5) is 11.4 Å². The fourth-order valence-electron chi connectivity index (χ4n) is 5.26. The molecule has 5 N–H and O–H groups in total. The first-order chi connectivity index (χ1) is 16.2. The number of aryl methyl sites for hydroxylation is 2. The van der Waals surface area contributed by atoms with E-state index in [9.17, 15) is 5.11 Å². The number of nitrogens with two attached hydrogens (primary N) is 1. The Balaban J connectivity index is 1.83. The van der Waals surface area contributed by atoms with Crippen LogP contribution in [0.5, 0.6) is 0 Å². The summed E-state index contributed by atoms with van der Waals surface area (Å²) in [4.78, 5) is 3.47. The molecule has 0 amide bonds.